The molecule has 4 aromatic rings. The SMILES string of the molecule is Clc1ccc(-c2cnc3nc(COc4ccccc4)cn3c2)cc1. The fourth-order valence-electron chi connectivity index (χ4n) is 2.47. The van der Waals surface area contributed by atoms with Crippen molar-refractivity contribution in [2.24, 2.45) is 0 Å². The molecule has 0 N–H and O–H groups in total. The highest BCUT2D eigenvalue weighted by Gasteiger charge is 2.06. The van der Waals surface area contributed by atoms with Crippen LogP contribution in [0.15, 0.2) is 73.2 Å². The molecule has 0 saturated carbocycles. The van der Waals surface area contributed by atoms with Crippen LogP contribution in [-0.4, -0.2) is 14.4 Å². The first-order valence-electron chi connectivity index (χ1n) is 7.55. The number of hydrogen-bond acceptors (Lipinski definition) is 3. The number of rotatable bonds is 4. The van der Waals surface area contributed by atoms with Gasteiger partial charge in [-0.2, -0.15) is 0 Å². The van der Waals surface area contributed by atoms with E-state index in [1.54, 1.807) is 0 Å². The molecule has 4 nitrogen and oxygen atoms in total. The van der Waals surface area contributed by atoms with Crippen LogP contribution >= 0.6 is 11.6 Å². The van der Waals surface area contributed by atoms with E-state index in [1.807, 2.05) is 77.6 Å². The van der Waals surface area contributed by atoms with Gasteiger partial charge in [0.1, 0.15) is 12.4 Å². The average molecular weight is 336 g/mol. The number of ether oxygens (including phenoxy) is 1. The molecule has 0 spiro atoms. The maximum Gasteiger partial charge on any atom is 0.234 e. The van der Waals surface area contributed by atoms with E-state index in [-0.39, 0.29) is 0 Å². The minimum atomic E-state index is 0.406. The number of halogens is 1. The van der Waals surface area contributed by atoms with Crippen molar-refractivity contribution in [2.75, 3.05) is 0 Å². The molecular weight excluding hydrogens is 322 g/mol. The number of aromatic nitrogens is 3. The summed E-state index contributed by atoms with van der Waals surface area (Å²) in [6.45, 7) is 0.406. The number of nitrogens with zero attached hydrogens (tertiary/aromatic N) is 3. The van der Waals surface area contributed by atoms with Crippen molar-refractivity contribution >= 4 is 17.4 Å². The summed E-state index contributed by atoms with van der Waals surface area (Å²) in [7, 11) is 0. The topological polar surface area (TPSA) is 39.4 Å². The number of hydrogen-bond donors (Lipinski definition) is 0. The smallest absolute Gasteiger partial charge is 0.234 e. The van der Waals surface area contributed by atoms with Crippen LogP contribution in [0, 0.1) is 0 Å². The van der Waals surface area contributed by atoms with Crippen molar-refractivity contribution in [3.05, 3.63) is 83.9 Å². The Morgan fingerprint density at radius 1 is 0.917 bits per heavy atom. The molecule has 4 rings (SSSR count). The minimum Gasteiger partial charge on any atom is -0.487 e. The molecule has 24 heavy (non-hydrogen) atoms. The zero-order valence-corrected chi connectivity index (χ0v) is 13.5. The molecule has 0 aliphatic rings. The van der Waals surface area contributed by atoms with Crippen molar-refractivity contribution in [3.8, 4) is 16.9 Å². The second-order valence-corrected chi connectivity index (χ2v) is 5.83. The summed E-state index contributed by atoms with van der Waals surface area (Å²) < 4.78 is 7.64. The standard InChI is InChI=1S/C19H14ClN3O/c20-16-8-6-14(7-9-16)15-10-21-19-22-17(12-23(19)11-15)13-24-18-4-2-1-3-5-18/h1-12H,13H2. The van der Waals surface area contributed by atoms with Crippen LogP contribution in [0.3, 0.4) is 0 Å². The van der Waals surface area contributed by atoms with E-state index in [4.69, 9.17) is 16.3 Å². The summed E-state index contributed by atoms with van der Waals surface area (Å²) in [6, 6.07) is 17.4. The molecule has 5 heteroatoms. The lowest BCUT2D eigenvalue weighted by Gasteiger charge is -2.02. The van der Waals surface area contributed by atoms with Crippen molar-refractivity contribution < 1.29 is 4.74 Å². The highest BCUT2D eigenvalue weighted by molar-refractivity contribution is 6.30. The number of fused-ring (bicyclic) bond motifs is 1. The highest BCUT2D eigenvalue weighted by Crippen LogP contribution is 2.21. The first-order valence-corrected chi connectivity index (χ1v) is 7.93. The predicted molar refractivity (Wildman–Crippen MR) is 94.2 cm³/mol. The normalized spacial score (nSPS) is 10.9. The van der Waals surface area contributed by atoms with Crippen molar-refractivity contribution in [2.45, 2.75) is 6.61 Å². The lowest BCUT2D eigenvalue weighted by Crippen LogP contribution is -1.94. The van der Waals surface area contributed by atoms with E-state index in [2.05, 4.69) is 9.97 Å². The molecule has 2 aromatic heterocycles. The number of para-hydroxylation sites is 1. The van der Waals surface area contributed by atoms with Gasteiger partial charge in [0.2, 0.25) is 5.78 Å². The predicted octanol–water partition coefficient (Wildman–Crippen LogP) is 4.63. The number of benzene rings is 2. The third-order valence-electron chi connectivity index (χ3n) is 3.67. The Labute approximate surface area is 144 Å². The van der Waals surface area contributed by atoms with Crippen LogP contribution in [0.2, 0.25) is 5.02 Å². The maximum absolute atomic E-state index is 5.94. The molecule has 2 aromatic carbocycles. The second kappa shape index (κ2) is 6.34. The molecule has 0 unspecified atom stereocenters. The van der Waals surface area contributed by atoms with E-state index in [0.717, 1.165) is 27.6 Å². The number of imidazole rings is 1. The molecule has 0 amide bonds. The van der Waals surface area contributed by atoms with Gasteiger partial charge in [-0.25, -0.2) is 9.97 Å². The van der Waals surface area contributed by atoms with E-state index >= 15 is 0 Å². The third kappa shape index (κ3) is 3.09. The molecule has 0 aliphatic carbocycles. The summed E-state index contributed by atoms with van der Waals surface area (Å²) in [6.07, 6.45) is 5.75. The van der Waals surface area contributed by atoms with Crippen molar-refractivity contribution in [1.29, 1.82) is 0 Å². The van der Waals surface area contributed by atoms with Gasteiger partial charge >= 0.3 is 0 Å². The average Bonchev–Trinajstić information content (AvgIpc) is 3.03. The monoisotopic (exact) mass is 335 g/mol. The Bertz CT molecular complexity index is 965. The maximum atomic E-state index is 5.94. The van der Waals surface area contributed by atoms with Gasteiger partial charge in [0.25, 0.3) is 0 Å². The minimum absolute atomic E-state index is 0.406. The Balaban J connectivity index is 1.58. The van der Waals surface area contributed by atoms with E-state index in [0.29, 0.717) is 12.4 Å². The largest absolute Gasteiger partial charge is 0.487 e. The summed E-state index contributed by atoms with van der Waals surface area (Å²) in [5.74, 6) is 1.48. The molecule has 0 fully saturated rings. The van der Waals surface area contributed by atoms with Crippen LogP contribution in [-0.2, 0) is 6.61 Å². The molecular formula is C19H14ClN3O. The molecule has 2 heterocycles. The molecule has 0 aliphatic heterocycles. The molecule has 0 bridgehead atoms. The zero-order chi connectivity index (χ0) is 16.4. The first kappa shape index (κ1) is 14.7. The lowest BCUT2D eigenvalue weighted by molar-refractivity contribution is 0.302. The third-order valence-corrected chi connectivity index (χ3v) is 3.92. The van der Waals surface area contributed by atoms with Crippen LogP contribution in [0.1, 0.15) is 5.69 Å². The lowest BCUT2D eigenvalue weighted by atomic mass is 10.1. The van der Waals surface area contributed by atoms with Gasteiger partial charge in [-0.3, -0.25) is 4.40 Å². The van der Waals surface area contributed by atoms with Gasteiger partial charge < -0.3 is 4.74 Å². The molecule has 118 valence electrons. The highest BCUT2D eigenvalue weighted by atomic mass is 35.5. The molecule has 0 radical (unpaired) electrons. The van der Waals surface area contributed by atoms with E-state index in [9.17, 15) is 0 Å². The van der Waals surface area contributed by atoms with E-state index < -0.39 is 0 Å². The van der Waals surface area contributed by atoms with Crippen LogP contribution < -0.4 is 4.74 Å². The van der Waals surface area contributed by atoms with Gasteiger partial charge in [0, 0.05) is 29.2 Å². The summed E-state index contributed by atoms with van der Waals surface area (Å²) in [5, 5.41) is 0.718. The van der Waals surface area contributed by atoms with Crippen LogP contribution in [0.25, 0.3) is 16.9 Å². The van der Waals surface area contributed by atoms with Gasteiger partial charge in [-0.05, 0) is 29.8 Å². The molecule has 0 atom stereocenters. The van der Waals surface area contributed by atoms with Gasteiger partial charge in [0.15, 0.2) is 0 Å². The van der Waals surface area contributed by atoms with Crippen LogP contribution in [0.4, 0.5) is 0 Å². The summed E-state index contributed by atoms with van der Waals surface area (Å²) in [4.78, 5) is 8.90. The van der Waals surface area contributed by atoms with Gasteiger partial charge in [0.05, 0.1) is 5.69 Å². The fourth-order valence-corrected chi connectivity index (χ4v) is 2.60. The Morgan fingerprint density at radius 2 is 1.71 bits per heavy atom. The van der Waals surface area contributed by atoms with Gasteiger partial charge in [-0.1, -0.05) is 41.9 Å². The fraction of sp³-hybridized carbons (Fsp3) is 0.0526. The quantitative estimate of drug-likeness (QED) is 0.546. The van der Waals surface area contributed by atoms with Crippen molar-refractivity contribution in [1.82, 2.24) is 14.4 Å². The Hall–Kier alpha value is -2.85. The molecule has 0 saturated heterocycles. The zero-order valence-electron chi connectivity index (χ0n) is 12.8. The summed E-state index contributed by atoms with van der Waals surface area (Å²) in [5.41, 5.74) is 2.90. The van der Waals surface area contributed by atoms with Gasteiger partial charge in [-0.15, -0.1) is 0 Å². The summed E-state index contributed by atoms with van der Waals surface area (Å²) >= 11 is 5.94. The Kier molecular flexibility index (Phi) is 3.89. The second-order valence-electron chi connectivity index (χ2n) is 5.39. The first-order chi connectivity index (χ1) is 11.8. The van der Waals surface area contributed by atoms with Crippen LogP contribution in [0.5, 0.6) is 5.75 Å². The Morgan fingerprint density at radius 3 is 2.50 bits per heavy atom. The van der Waals surface area contributed by atoms with Crippen molar-refractivity contribution in [3.63, 3.8) is 0 Å². The van der Waals surface area contributed by atoms with E-state index in [1.165, 1.54) is 0 Å².